The van der Waals surface area contributed by atoms with Gasteiger partial charge in [0.25, 0.3) is 11.8 Å². The summed E-state index contributed by atoms with van der Waals surface area (Å²) < 4.78 is 19.8. The molecule has 3 amide bonds. The number of hydrogen-bond acceptors (Lipinski definition) is 7. The number of halogens is 1. The first-order valence-corrected chi connectivity index (χ1v) is 15.9. The Kier molecular flexibility index (Phi) is 10.6. The van der Waals surface area contributed by atoms with Crippen LogP contribution in [-0.2, 0) is 9.59 Å². The molecule has 0 aliphatic heterocycles. The maximum atomic E-state index is 14.4. The average molecular weight is 653 g/mol. The number of amides is 3. The molecule has 0 fully saturated rings. The molecule has 3 N–H and O–H groups in total. The van der Waals surface area contributed by atoms with Gasteiger partial charge in [-0.25, -0.2) is 9.37 Å². The lowest BCUT2D eigenvalue weighted by Gasteiger charge is -2.13. The van der Waals surface area contributed by atoms with E-state index in [0.29, 0.717) is 27.8 Å². The third-order valence-corrected chi connectivity index (χ3v) is 8.52. The highest BCUT2D eigenvalue weighted by atomic mass is 32.2. The summed E-state index contributed by atoms with van der Waals surface area (Å²) in [4.78, 5) is 44.4. The number of benzene rings is 4. The minimum Gasteiger partial charge on any atom is -0.496 e. The quantitative estimate of drug-likeness (QED) is 0.101. The van der Waals surface area contributed by atoms with E-state index >= 15 is 0 Å². The number of ether oxygens (including phenoxy) is 1. The Hall–Kier alpha value is -5.26. The molecule has 0 saturated heterocycles. The number of anilines is 2. The summed E-state index contributed by atoms with van der Waals surface area (Å²) in [7, 11) is 1.60. The van der Waals surface area contributed by atoms with Crippen molar-refractivity contribution in [3.63, 3.8) is 0 Å². The number of rotatable bonds is 11. The van der Waals surface area contributed by atoms with Gasteiger partial charge >= 0.3 is 0 Å². The first-order chi connectivity index (χ1) is 22.3. The molecule has 0 aliphatic rings. The number of aromatic nitrogens is 1. The minimum atomic E-state index is -0.628. The van der Waals surface area contributed by atoms with Crippen LogP contribution in [0.1, 0.15) is 22.8 Å². The molecule has 5 rings (SSSR count). The summed E-state index contributed by atoms with van der Waals surface area (Å²) in [5, 5.41) is 10.1. The van der Waals surface area contributed by atoms with E-state index in [-0.39, 0.29) is 17.2 Å². The van der Waals surface area contributed by atoms with Crippen LogP contribution >= 0.6 is 23.1 Å². The molecule has 0 aliphatic carbocycles. The van der Waals surface area contributed by atoms with Crippen LogP contribution in [-0.4, -0.2) is 35.1 Å². The van der Waals surface area contributed by atoms with Crippen molar-refractivity contribution in [1.82, 2.24) is 10.3 Å². The number of methoxy groups -OCH3 is 1. The van der Waals surface area contributed by atoms with E-state index in [1.807, 2.05) is 29.6 Å². The number of carbonyl (C=O) groups is 3. The molecule has 1 atom stereocenters. The van der Waals surface area contributed by atoms with Gasteiger partial charge in [0.1, 0.15) is 17.3 Å². The van der Waals surface area contributed by atoms with Gasteiger partial charge in [-0.05, 0) is 67.6 Å². The van der Waals surface area contributed by atoms with Crippen LogP contribution < -0.4 is 20.7 Å². The van der Waals surface area contributed by atoms with Gasteiger partial charge in [0, 0.05) is 32.7 Å². The van der Waals surface area contributed by atoms with Crippen molar-refractivity contribution in [2.45, 2.75) is 17.1 Å². The van der Waals surface area contributed by atoms with Crippen LogP contribution in [0.25, 0.3) is 17.3 Å². The lowest BCUT2D eigenvalue weighted by molar-refractivity contribution is -0.115. The first-order valence-electron chi connectivity index (χ1n) is 14.1. The number of para-hydroxylation sites is 1. The van der Waals surface area contributed by atoms with Crippen molar-refractivity contribution < 1.29 is 23.5 Å². The topological polar surface area (TPSA) is 109 Å². The molecule has 46 heavy (non-hydrogen) atoms. The van der Waals surface area contributed by atoms with Crippen molar-refractivity contribution in [3.8, 4) is 17.0 Å². The summed E-state index contributed by atoms with van der Waals surface area (Å²) >= 11 is 2.67. The molecule has 5 aromatic rings. The summed E-state index contributed by atoms with van der Waals surface area (Å²) in [6.45, 7) is 1.79. The molecule has 0 radical (unpaired) electrons. The molecule has 4 aromatic carbocycles. The minimum absolute atomic E-state index is 0.126. The zero-order valence-corrected chi connectivity index (χ0v) is 26.5. The Bertz CT molecular complexity index is 1880. The van der Waals surface area contributed by atoms with E-state index in [9.17, 15) is 18.8 Å². The molecule has 0 bridgehead atoms. The van der Waals surface area contributed by atoms with Gasteiger partial charge in [0.15, 0.2) is 5.13 Å². The smallest absolute Gasteiger partial charge is 0.272 e. The second kappa shape index (κ2) is 15.2. The summed E-state index contributed by atoms with van der Waals surface area (Å²) in [5.41, 5.74) is 2.37. The van der Waals surface area contributed by atoms with Crippen molar-refractivity contribution in [3.05, 3.63) is 131 Å². The normalized spacial score (nSPS) is 11.8. The molecule has 8 nitrogen and oxygen atoms in total. The lowest BCUT2D eigenvalue weighted by atomic mass is 10.1. The Balaban J connectivity index is 1.22. The van der Waals surface area contributed by atoms with E-state index in [1.165, 1.54) is 47.4 Å². The molecular weight excluding hydrogens is 624 g/mol. The van der Waals surface area contributed by atoms with Gasteiger partial charge in [-0.15, -0.1) is 23.1 Å². The lowest BCUT2D eigenvalue weighted by Crippen LogP contribution is -2.30. The Morgan fingerprint density at radius 1 is 0.891 bits per heavy atom. The third kappa shape index (κ3) is 8.26. The van der Waals surface area contributed by atoms with E-state index in [0.717, 1.165) is 10.5 Å². The van der Waals surface area contributed by atoms with Crippen LogP contribution in [0.3, 0.4) is 0 Å². The largest absolute Gasteiger partial charge is 0.496 e. The fraction of sp³-hybridized carbons (Fsp3) is 0.0857. The fourth-order valence-corrected chi connectivity index (χ4v) is 5.86. The zero-order valence-electron chi connectivity index (χ0n) is 24.8. The Labute approximate surface area is 273 Å². The van der Waals surface area contributed by atoms with E-state index in [2.05, 4.69) is 20.9 Å². The number of hydrogen-bond donors (Lipinski definition) is 3. The first kappa shape index (κ1) is 32.1. The van der Waals surface area contributed by atoms with Gasteiger partial charge in [-0.2, -0.15) is 0 Å². The SMILES string of the molecule is COc1ccccc1-c1csc(NC(=O)C(C)Sc2ccc(NC(=O)/C(=C/c3ccccc3F)NC(=O)c3ccccc3)cc2)n1. The summed E-state index contributed by atoms with van der Waals surface area (Å²) in [6, 6.07) is 28.8. The molecular formula is C35H29FN4O4S2. The highest BCUT2D eigenvalue weighted by Gasteiger charge is 2.19. The standard InChI is InChI=1S/C35H29FN4O4S2/c1-22(32(41)40-35-39-30(21-45-35)27-13-7-9-15-31(27)44-2)46-26-18-16-25(17-19-26)37-34(43)29(20-24-12-6-8-14-28(24)36)38-33(42)23-10-4-3-5-11-23/h3-22H,1-2H3,(H,37,43)(H,38,42)(H,39,40,41)/b29-20-. The molecule has 11 heteroatoms. The monoisotopic (exact) mass is 652 g/mol. The average Bonchev–Trinajstić information content (AvgIpc) is 3.54. The van der Waals surface area contributed by atoms with Gasteiger partial charge in [0.05, 0.1) is 18.1 Å². The van der Waals surface area contributed by atoms with Gasteiger partial charge < -0.3 is 20.7 Å². The van der Waals surface area contributed by atoms with Crippen LogP contribution in [0.15, 0.2) is 119 Å². The van der Waals surface area contributed by atoms with Gasteiger partial charge in [0.2, 0.25) is 5.91 Å². The Morgan fingerprint density at radius 2 is 1.59 bits per heavy atom. The van der Waals surface area contributed by atoms with Crippen molar-refractivity contribution in [1.29, 1.82) is 0 Å². The predicted octanol–water partition coefficient (Wildman–Crippen LogP) is 7.49. The van der Waals surface area contributed by atoms with E-state index in [4.69, 9.17) is 4.74 Å². The van der Waals surface area contributed by atoms with E-state index < -0.39 is 22.9 Å². The molecule has 0 saturated carbocycles. The molecule has 1 aromatic heterocycles. The van der Waals surface area contributed by atoms with Gasteiger partial charge in [-0.3, -0.25) is 14.4 Å². The van der Waals surface area contributed by atoms with Crippen molar-refractivity contribution in [2.24, 2.45) is 0 Å². The molecule has 232 valence electrons. The number of carbonyl (C=O) groups excluding carboxylic acids is 3. The van der Waals surface area contributed by atoms with E-state index in [1.54, 1.807) is 74.7 Å². The Morgan fingerprint density at radius 3 is 2.33 bits per heavy atom. The second-order valence-electron chi connectivity index (χ2n) is 9.87. The highest BCUT2D eigenvalue weighted by Crippen LogP contribution is 2.32. The molecule has 1 unspecified atom stereocenters. The highest BCUT2D eigenvalue weighted by molar-refractivity contribution is 8.00. The fourth-order valence-electron chi connectivity index (χ4n) is 4.28. The van der Waals surface area contributed by atoms with Crippen molar-refractivity contribution in [2.75, 3.05) is 17.7 Å². The zero-order chi connectivity index (χ0) is 32.5. The predicted molar refractivity (Wildman–Crippen MR) is 181 cm³/mol. The third-order valence-electron chi connectivity index (χ3n) is 6.65. The number of nitrogens with zero attached hydrogens (tertiary/aromatic N) is 1. The summed E-state index contributed by atoms with van der Waals surface area (Å²) in [5.74, 6) is -1.18. The van der Waals surface area contributed by atoms with Crippen LogP contribution in [0.2, 0.25) is 0 Å². The maximum Gasteiger partial charge on any atom is 0.272 e. The van der Waals surface area contributed by atoms with Crippen LogP contribution in [0, 0.1) is 5.82 Å². The van der Waals surface area contributed by atoms with Crippen LogP contribution in [0.5, 0.6) is 5.75 Å². The molecule has 1 heterocycles. The second-order valence-corrected chi connectivity index (χ2v) is 12.1. The number of thioether (sulfide) groups is 1. The van der Waals surface area contributed by atoms with Crippen LogP contribution in [0.4, 0.5) is 15.2 Å². The maximum absolute atomic E-state index is 14.4. The molecule has 0 spiro atoms. The number of nitrogens with one attached hydrogen (secondary N) is 3. The van der Waals surface area contributed by atoms with Gasteiger partial charge in [-0.1, -0.05) is 48.5 Å². The summed E-state index contributed by atoms with van der Waals surface area (Å²) in [6.07, 6.45) is 1.29. The van der Waals surface area contributed by atoms with Crippen molar-refractivity contribution >= 4 is 57.7 Å². The number of thiazole rings is 1.